The number of hydrogen-bond acceptors (Lipinski definition) is 6. The van der Waals surface area contributed by atoms with E-state index in [1.54, 1.807) is 6.92 Å². The number of esters is 1. The van der Waals surface area contributed by atoms with Gasteiger partial charge in [0.2, 0.25) is 0 Å². The van der Waals surface area contributed by atoms with Gasteiger partial charge in [0.1, 0.15) is 11.3 Å². The Balaban J connectivity index is 2.25. The summed E-state index contributed by atoms with van der Waals surface area (Å²) in [6, 6.07) is 4.82. The predicted molar refractivity (Wildman–Crippen MR) is 103 cm³/mol. The van der Waals surface area contributed by atoms with E-state index in [1.165, 1.54) is 36.7 Å². The summed E-state index contributed by atoms with van der Waals surface area (Å²) >= 11 is 0. The summed E-state index contributed by atoms with van der Waals surface area (Å²) in [7, 11) is -2.27. The van der Waals surface area contributed by atoms with Gasteiger partial charge in [-0.1, -0.05) is 6.92 Å². The van der Waals surface area contributed by atoms with E-state index in [1.807, 2.05) is 0 Å². The van der Waals surface area contributed by atoms with E-state index in [-0.39, 0.29) is 45.4 Å². The van der Waals surface area contributed by atoms with Crippen molar-refractivity contribution in [3.05, 3.63) is 41.6 Å². The Morgan fingerprint density at radius 3 is 2.50 bits per heavy atom. The van der Waals surface area contributed by atoms with Crippen LogP contribution in [0.25, 0.3) is 22.6 Å². The van der Waals surface area contributed by atoms with Crippen molar-refractivity contribution in [3.8, 4) is 11.4 Å². The second kappa shape index (κ2) is 7.71. The van der Waals surface area contributed by atoms with E-state index >= 15 is 0 Å². The molecular weight excluding hydrogens is 423 g/mol. The van der Waals surface area contributed by atoms with Gasteiger partial charge in [0, 0.05) is 18.8 Å². The normalized spacial score (nSPS) is 12.3. The number of carbonyl (C=O) groups excluding carboxylic acids is 1. The molecule has 0 atom stereocenters. The van der Waals surface area contributed by atoms with Crippen LogP contribution in [0, 0.1) is 0 Å². The van der Waals surface area contributed by atoms with Crippen molar-refractivity contribution < 1.29 is 31.1 Å². The van der Waals surface area contributed by atoms with Crippen molar-refractivity contribution in [1.82, 2.24) is 14.5 Å². The summed E-state index contributed by atoms with van der Waals surface area (Å²) in [5.74, 6) is -0.815. The van der Waals surface area contributed by atoms with Gasteiger partial charge >= 0.3 is 12.1 Å². The number of alkyl halides is 3. The lowest BCUT2D eigenvalue weighted by Gasteiger charge is -2.11. The molecule has 30 heavy (non-hydrogen) atoms. The fraction of sp³-hybridized carbons (Fsp3) is 0.316. The Kier molecular flexibility index (Phi) is 5.59. The molecule has 1 aromatic carbocycles. The number of carbonyl (C=O) groups is 1. The zero-order chi connectivity index (χ0) is 22.3. The standard InChI is InChI=1S/C19H18F3N3O4S/c1-4-29-18(26)11-6-7-13(15(8-11)30(27,28)5-2)16-24-14-9-12(19(20,21)22)10-23-17(14)25(16)3/h6-10H,4-5H2,1-3H3. The Bertz CT molecular complexity index is 1230. The topological polar surface area (TPSA) is 91.2 Å². The number of hydrogen-bond donors (Lipinski definition) is 0. The monoisotopic (exact) mass is 441 g/mol. The quantitative estimate of drug-likeness (QED) is 0.562. The Morgan fingerprint density at radius 2 is 1.90 bits per heavy atom. The largest absolute Gasteiger partial charge is 0.462 e. The van der Waals surface area contributed by atoms with E-state index in [9.17, 15) is 26.4 Å². The van der Waals surface area contributed by atoms with Crippen molar-refractivity contribution in [2.24, 2.45) is 7.05 Å². The third kappa shape index (κ3) is 3.89. The predicted octanol–water partition coefficient (Wildman–Crippen LogP) is 3.62. The zero-order valence-corrected chi connectivity index (χ0v) is 17.1. The molecule has 0 aliphatic carbocycles. The minimum absolute atomic E-state index is 0.0309. The number of aryl methyl sites for hydroxylation is 1. The first kappa shape index (κ1) is 21.8. The number of sulfone groups is 1. The molecule has 0 fully saturated rings. The van der Waals surface area contributed by atoms with Gasteiger partial charge in [-0.3, -0.25) is 0 Å². The van der Waals surface area contributed by atoms with Crippen molar-refractivity contribution >= 4 is 27.0 Å². The molecule has 11 heteroatoms. The van der Waals surface area contributed by atoms with Gasteiger partial charge in [-0.05, 0) is 31.2 Å². The molecule has 7 nitrogen and oxygen atoms in total. The van der Waals surface area contributed by atoms with Crippen LogP contribution in [0.3, 0.4) is 0 Å². The van der Waals surface area contributed by atoms with Crippen LogP contribution in [0.2, 0.25) is 0 Å². The lowest BCUT2D eigenvalue weighted by Crippen LogP contribution is -2.11. The first-order chi connectivity index (χ1) is 14.0. The molecular formula is C19H18F3N3O4S. The number of halogens is 3. The van der Waals surface area contributed by atoms with E-state index in [0.29, 0.717) is 6.20 Å². The van der Waals surface area contributed by atoms with E-state index < -0.39 is 27.5 Å². The number of benzene rings is 1. The van der Waals surface area contributed by atoms with Crippen molar-refractivity contribution in [2.45, 2.75) is 24.9 Å². The highest BCUT2D eigenvalue weighted by molar-refractivity contribution is 7.91. The highest BCUT2D eigenvalue weighted by Crippen LogP contribution is 2.33. The molecule has 3 rings (SSSR count). The van der Waals surface area contributed by atoms with Crippen LogP contribution in [0.4, 0.5) is 13.2 Å². The first-order valence-electron chi connectivity index (χ1n) is 8.93. The highest BCUT2D eigenvalue weighted by atomic mass is 32.2. The van der Waals surface area contributed by atoms with Crippen LogP contribution >= 0.6 is 0 Å². The van der Waals surface area contributed by atoms with Gasteiger partial charge in [0.05, 0.1) is 28.4 Å². The molecule has 0 saturated carbocycles. The molecule has 0 bridgehead atoms. The number of aromatic nitrogens is 3. The van der Waals surface area contributed by atoms with E-state index in [4.69, 9.17) is 4.74 Å². The molecule has 0 radical (unpaired) electrons. The average molecular weight is 441 g/mol. The van der Waals surface area contributed by atoms with Gasteiger partial charge in [-0.25, -0.2) is 23.2 Å². The van der Waals surface area contributed by atoms with Gasteiger partial charge in [0.15, 0.2) is 15.5 Å². The molecule has 0 N–H and O–H groups in total. The molecule has 160 valence electrons. The summed E-state index contributed by atoms with van der Waals surface area (Å²) in [5, 5.41) is 0. The molecule has 0 aliphatic heterocycles. The third-order valence-electron chi connectivity index (χ3n) is 4.49. The molecule has 2 aromatic heterocycles. The van der Waals surface area contributed by atoms with Crippen LogP contribution in [0.1, 0.15) is 29.8 Å². The Morgan fingerprint density at radius 1 is 1.20 bits per heavy atom. The summed E-state index contributed by atoms with van der Waals surface area (Å²) < 4.78 is 70.7. The summed E-state index contributed by atoms with van der Waals surface area (Å²) in [6.07, 6.45) is -3.89. The fourth-order valence-electron chi connectivity index (χ4n) is 2.93. The van der Waals surface area contributed by atoms with Crippen molar-refractivity contribution in [2.75, 3.05) is 12.4 Å². The number of rotatable bonds is 5. The molecule has 3 aromatic rings. The lowest BCUT2D eigenvalue weighted by atomic mass is 10.1. The van der Waals surface area contributed by atoms with Crippen LogP contribution in [0.5, 0.6) is 0 Å². The number of ether oxygens (including phenoxy) is 1. The Labute approximate surface area is 170 Å². The molecule has 0 amide bonds. The summed E-state index contributed by atoms with van der Waals surface area (Å²) in [4.78, 5) is 19.9. The second-order valence-corrected chi connectivity index (χ2v) is 8.64. The molecule has 0 saturated heterocycles. The van der Waals surface area contributed by atoms with E-state index in [0.717, 1.165) is 6.07 Å². The Hall–Kier alpha value is -2.95. The third-order valence-corrected chi connectivity index (χ3v) is 6.25. The van der Waals surface area contributed by atoms with E-state index in [2.05, 4.69) is 9.97 Å². The SMILES string of the molecule is CCOC(=O)c1ccc(-c2nc3cc(C(F)(F)F)cnc3n2C)c(S(=O)(=O)CC)c1. The number of fused-ring (bicyclic) bond motifs is 1. The molecule has 0 spiro atoms. The molecule has 0 aliphatic rings. The van der Waals surface area contributed by atoms with Crippen LogP contribution in [-0.2, 0) is 27.8 Å². The maximum absolute atomic E-state index is 13.0. The van der Waals surface area contributed by atoms with Crippen LogP contribution in [0.15, 0.2) is 35.4 Å². The first-order valence-corrected chi connectivity index (χ1v) is 10.6. The van der Waals surface area contributed by atoms with Crippen LogP contribution in [-0.4, -0.2) is 41.3 Å². The maximum atomic E-state index is 13.0. The zero-order valence-electron chi connectivity index (χ0n) is 16.3. The number of nitrogens with zero attached hydrogens (tertiary/aromatic N) is 3. The summed E-state index contributed by atoms with van der Waals surface area (Å²) in [6.45, 7) is 3.19. The smallest absolute Gasteiger partial charge is 0.417 e. The fourth-order valence-corrected chi connectivity index (χ4v) is 4.05. The molecule has 0 unspecified atom stereocenters. The maximum Gasteiger partial charge on any atom is 0.417 e. The number of imidazole rings is 1. The van der Waals surface area contributed by atoms with Crippen molar-refractivity contribution in [3.63, 3.8) is 0 Å². The van der Waals surface area contributed by atoms with Crippen LogP contribution < -0.4 is 0 Å². The van der Waals surface area contributed by atoms with Gasteiger partial charge in [-0.15, -0.1) is 0 Å². The van der Waals surface area contributed by atoms with Crippen molar-refractivity contribution in [1.29, 1.82) is 0 Å². The lowest BCUT2D eigenvalue weighted by molar-refractivity contribution is -0.137. The second-order valence-electron chi connectivity index (χ2n) is 6.39. The average Bonchev–Trinajstić information content (AvgIpc) is 3.03. The number of pyridine rings is 1. The van der Waals surface area contributed by atoms with Gasteiger partial charge in [-0.2, -0.15) is 13.2 Å². The summed E-state index contributed by atoms with van der Waals surface area (Å²) in [5.41, 5.74) is -0.634. The van der Waals surface area contributed by atoms with Gasteiger partial charge < -0.3 is 9.30 Å². The molecule has 2 heterocycles. The minimum Gasteiger partial charge on any atom is -0.462 e. The highest BCUT2D eigenvalue weighted by Gasteiger charge is 2.32. The minimum atomic E-state index is -4.59. The van der Waals surface area contributed by atoms with Gasteiger partial charge in [0.25, 0.3) is 0 Å².